The zero-order valence-corrected chi connectivity index (χ0v) is 14.3. The second-order valence-electron chi connectivity index (χ2n) is 5.15. The minimum absolute atomic E-state index is 0.129. The van der Waals surface area contributed by atoms with Crippen LogP contribution in [0.2, 0.25) is 5.02 Å². The number of esters is 1. The quantitative estimate of drug-likeness (QED) is 0.677. The topological polar surface area (TPSA) is 77.1 Å². The molecule has 1 heterocycles. The van der Waals surface area contributed by atoms with Crippen LogP contribution in [0.4, 0.5) is 0 Å². The Morgan fingerprint density at radius 1 is 1.12 bits per heavy atom. The molecule has 0 bridgehead atoms. The van der Waals surface area contributed by atoms with Crippen LogP contribution in [0.25, 0.3) is 11.3 Å². The summed E-state index contributed by atoms with van der Waals surface area (Å²) in [7, 11) is 0. The van der Waals surface area contributed by atoms with E-state index in [4.69, 9.17) is 21.1 Å². The Bertz CT molecular complexity index is 862. The maximum atomic E-state index is 12.0. The lowest BCUT2D eigenvalue weighted by Gasteiger charge is -2.11. The van der Waals surface area contributed by atoms with Crippen molar-refractivity contribution in [1.82, 2.24) is 15.4 Å². The summed E-state index contributed by atoms with van der Waals surface area (Å²) in [6, 6.07) is 14.7. The first kappa shape index (κ1) is 17.0. The van der Waals surface area contributed by atoms with E-state index in [-0.39, 0.29) is 12.3 Å². The van der Waals surface area contributed by atoms with Crippen molar-refractivity contribution >= 4 is 17.6 Å². The Morgan fingerprint density at radius 2 is 1.88 bits per heavy atom. The van der Waals surface area contributed by atoms with Crippen LogP contribution >= 0.6 is 11.6 Å². The van der Waals surface area contributed by atoms with Crippen molar-refractivity contribution in [3.8, 4) is 17.0 Å². The third kappa shape index (κ3) is 3.97. The van der Waals surface area contributed by atoms with Crippen LogP contribution in [0.15, 0.2) is 48.5 Å². The van der Waals surface area contributed by atoms with Crippen LogP contribution in [0.1, 0.15) is 23.0 Å². The predicted molar refractivity (Wildman–Crippen MR) is 93.6 cm³/mol. The molecule has 3 aromatic rings. The summed E-state index contributed by atoms with van der Waals surface area (Å²) in [4.78, 5) is 12.0. The number of rotatable bonds is 6. The normalized spacial score (nSPS) is 10.5. The van der Waals surface area contributed by atoms with Crippen molar-refractivity contribution < 1.29 is 14.3 Å². The van der Waals surface area contributed by atoms with Gasteiger partial charge in [0.05, 0.1) is 6.61 Å². The molecule has 7 heteroatoms. The van der Waals surface area contributed by atoms with Gasteiger partial charge in [0.2, 0.25) is 0 Å². The molecule has 0 aliphatic carbocycles. The summed E-state index contributed by atoms with van der Waals surface area (Å²) < 4.78 is 10.9. The number of hydrogen-bond donors (Lipinski definition) is 1. The van der Waals surface area contributed by atoms with E-state index in [1.165, 1.54) is 0 Å². The van der Waals surface area contributed by atoms with Crippen LogP contribution in [0, 0.1) is 0 Å². The molecule has 1 aromatic heterocycles. The molecule has 3 rings (SSSR count). The molecule has 0 fully saturated rings. The average Bonchev–Trinajstić information content (AvgIpc) is 3.11. The molecule has 0 aliphatic heterocycles. The van der Waals surface area contributed by atoms with Crippen LogP contribution in [0.5, 0.6) is 5.75 Å². The second-order valence-corrected chi connectivity index (χ2v) is 5.59. The van der Waals surface area contributed by atoms with Gasteiger partial charge in [-0.05, 0) is 36.8 Å². The van der Waals surface area contributed by atoms with E-state index in [2.05, 4.69) is 15.4 Å². The highest BCUT2D eigenvalue weighted by Gasteiger charge is 2.21. The van der Waals surface area contributed by atoms with E-state index in [9.17, 15) is 4.79 Å². The molecule has 0 amide bonds. The first-order valence-corrected chi connectivity index (χ1v) is 8.11. The average molecular weight is 358 g/mol. The van der Waals surface area contributed by atoms with Crippen molar-refractivity contribution in [3.05, 3.63) is 64.8 Å². The van der Waals surface area contributed by atoms with Crippen LogP contribution in [-0.4, -0.2) is 28.0 Å². The van der Waals surface area contributed by atoms with Gasteiger partial charge in [-0.15, -0.1) is 5.10 Å². The van der Waals surface area contributed by atoms with E-state index in [0.29, 0.717) is 28.6 Å². The Hall–Kier alpha value is -2.86. The predicted octanol–water partition coefficient (Wildman–Crippen LogP) is 3.88. The summed E-state index contributed by atoms with van der Waals surface area (Å²) in [5, 5.41) is 11.1. The number of hydrogen-bond acceptors (Lipinski definition) is 5. The Morgan fingerprint density at radius 3 is 2.64 bits per heavy atom. The number of benzene rings is 2. The van der Waals surface area contributed by atoms with Crippen molar-refractivity contribution in [2.45, 2.75) is 13.5 Å². The van der Waals surface area contributed by atoms with Gasteiger partial charge < -0.3 is 9.47 Å². The Balaban J connectivity index is 1.85. The number of nitrogens with zero attached hydrogens (tertiary/aromatic N) is 2. The van der Waals surface area contributed by atoms with E-state index < -0.39 is 5.97 Å². The van der Waals surface area contributed by atoms with Crippen molar-refractivity contribution in [3.63, 3.8) is 0 Å². The van der Waals surface area contributed by atoms with Gasteiger partial charge in [-0.25, -0.2) is 4.79 Å². The number of ether oxygens (including phenoxy) is 2. The maximum Gasteiger partial charge on any atom is 0.361 e. The Kier molecular flexibility index (Phi) is 5.30. The van der Waals surface area contributed by atoms with Gasteiger partial charge in [0.1, 0.15) is 18.1 Å². The van der Waals surface area contributed by atoms with E-state index in [1.54, 1.807) is 6.92 Å². The molecular formula is C18H16ClN3O3. The third-order valence-electron chi connectivity index (χ3n) is 3.47. The lowest BCUT2D eigenvalue weighted by Crippen LogP contribution is -2.07. The number of nitrogens with one attached hydrogen (secondary N) is 1. The molecule has 128 valence electrons. The molecule has 0 unspecified atom stereocenters. The van der Waals surface area contributed by atoms with E-state index >= 15 is 0 Å². The van der Waals surface area contributed by atoms with Gasteiger partial charge in [0.25, 0.3) is 0 Å². The number of halogens is 1. The van der Waals surface area contributed by atoms with Gasteiger partial charge in [-0.2, -0.15) is 10.3 Å². The lowest BCUT2D eigenvalue weighted by atomic mass is 10.1. The molecule has 1 N–H and O–H groups in total. The molecule has 0 atom stereocenters. The number of para-hydroxylation sites is 1. The molecule has 0 saturated carbocycles. The highest BCUT2D eigenvalue weighted by molar-refractivity contribution is 6.30. The number of aromatic nitrogens is 3. The highest BCUT2D eigenvalue weighted by Crippen LogP contribution is 2.30. The Labute approximate surface area is 149 Å². The largest absolute Gasteiger partial charge is 0.488 e. The fraction of sp³-hybridized carbons (Fsp3) is 0.167. The molecule has 25 heavy (non-hydrogen) atoms. The van der Waals surface area contributed by atoms with Crippen LogP contribution in [0.3, 0.4) is 0 Å². The van der Waals surface area contributed by atoms with E-state index in [0.717, 1.165) is 5.56 Å². The molecular weight excluding hydrogens is 342 g/mol. The summed E-state index contributed by atoms with van der Waals surface area (Å²) in [5.74, 6) is 0.0654. The van der Waals surface area contributed by atoms with E-state index in [1.807, 2.05) is 48.5 Å². The van der Waals surface area contributed by atoms with Crippen LogP contribution < -0.4 is 4.74 Å². The first-order chi connectivity index (χ1) is 12.2. The molecule has 6 nitrogen and oxygen atoms in total. The van der Waals surface area contributed by atoms with Crippen molar-refractivity contribution in [2.75, 3.05) is 6.61 Å². The van der Waals surface area contributed by atoms with Gasteiger partial charge in [0.15, 0.2) is 5.69 Å². The summed E-state index contributed by atoms with van der Waals surface area (Å²) >= 11 is 5.89. The third-order valence-corrected chi connectivity index (χ3v) is 3.72. The fourth-order valence-electron chi connectivity index (χ4n) is 2.29. The molecule has 0 spiro atoms. The first-order valence-electron chi connectivity index (χ1n) is 7.73. The second kappa shape index (κ2) is 7.81. The van der Waals surface area contributed by atoms with Gasteiger partial charge in [0, 0.05) is 10.6 Å². The van der Waals surface area contributed by atoms with Gasteiger partial charge in [-0.3, -0.25) is 0 Å². The van der Waals surface area contributed by atoms with Crippen molar-refractivity contribution in [2.24, 2.45) is 0 Å². The highest BCUT2D eigenvalue weighted by atomic mass is 35.5. The van der Waals surface area contributed by atoms with Crippen LogP contribution in [-0.2, 0) is 11.3 Å². The minimum Gasteiger partial charge on any atom is -0.488 e. The maximum absolute atomic E-state index is 12.0. The van der Waals surface area contributed by atoms with Crippen molar-refractivity contribution in [1.29, 1.82) is 0 Å². The number of aromatic amines is 1. The fourth-order valence-corrected chi connectivity index (χ4v) is 2.42. The smallest absolute Gasteiger partial charge is 0.361 e. The molecule has 2 aromatic carbocycles. The number of carbonyl (C=O) groups excluding carboxylic acids is 1. The summed E-state index contributed by atoms with van der Waals surface area (Å²) in [6.07, 6.45) is 0. The number of H-pyrrole nitrogens is 1. The monoisotopic (exact) mass is 357 g/mol. The lowest BCUT2D eigenvalue weighted by molar-refractivity contribution is 0.0520. The SMILES string of the molecule is CCOC(=O)c1n[nH]nc1-c1ccccc1OCc1ccc(Cl)cc1. The minimum atomic E-state index is -0.529. The molecule has 0 radical (unpaired) electrons. The summed E-state index contributed by atoms with van der Waals surface area (Å²) in [5.41, 5.74) is 2.16. The number of carbonyl (C=O) groups is 1. The van der Waals surface area contributed by atoms with Gasteiger partial charge >= 0.3 is 5.97 Å². The summed E-state index contributed by atoms with van der Waals surface area (Å²) in [6.45, 7) is 2.36. The zero-order chi connectivity index (χ0) is 17.6. The zero-order valence-electron chi connectivity index (χ0n) is 13.5. The molecule has 0 aliphatic rings. The standard InChI is InChI=1S/C18H16ClN3O3/c1-2-24-18(23)17-16(20-22-21-17)14-5-3-4-6-15(14)25-11-12-7-9-13(19)10-8-12/h3-10H,2,11H2,1H3,(H,20,21,22). The molecule has 0 saturated heterocycles. The van der Waals surface area contributed by atoms with Gasteiger partial charge in [-0.1, -0.05) is 35.9 Å².